The van der Waals surface area contributed by atoms with Crippen LogP contribution in [-0.2, 0) is 0 Å². The molecule has 1 fully saturated rings. The maximum Gasteiger partial charge on any atom is 0.144 e. The van der Waals surface area contributed by atoms with Gasteiger partial charge in [-0.2, -0.15) is 0 Å². The predicted molar refractivity (Wildman–Crippen MR) is 72.6 cm³/mol. The molecule has 94 valence electrons. The van der Waals surface area contributed by atoms with Crippen molar-refractivity contribution in [3.05, 3.63) is 18.2 Å². The second kappa shape index (κ2) is 4.47. The second-order valence-electron chi connectivity index (χ2n) is 5.49. The summed E-state index contributed by atoms with van der Waals surface area (Å²) < 4.78 is 5.54. The van der Waals surface area contributed by atoms with Crippen molar-refractivity contribution in [3.63, 3.8) is 0 Å². The molecule has 0 bridgehead atoms. The van der Waals surface area contributed by atoms with E-state index in [9.17, 15) is 0 Å². The Balaban J connectivity index is 2.19. The second-order valence-corrected chi connectivity index (χ2v) is 5.49. The summed E-state index contributed by atoms with van der Waals surface area (Å²) in [5, 5.41) is 0. The highest BCUT2D eigenvalue weighted by molar-refractivity contribution is 5.62. The number of hydrogen-bond acceptors (Lipinski definition) is 3. The molecule has 0 unspecified atom stereocenters. The molecule has 0 aromatic heterocycles. The van der Waals surface area contributed by atoms with Crippen molar-refractivity contribution in [1.29, 1.82) is 0 Å². The van der Waals surface area contributed by atoms with Gasteiger partial charge in [-0.05, 0) is 30.9 Å². The lowest BCUT2D eigenvalue weighted by Gasteiger charge is -2.22. The molecule has 1 aliphatic rings. The van der Waals surface area contributed by atoms with Crippen LogP contribution in [0.1, 0.15) is 27.2 Å². The predicted octanol–water partition coefficient (Wildman–Crippen LogP) is 2.90. The third-order valence-electron chi connectivity index (χ3n) is 3.34. The van der Waals surface area contributed by atoms with Crippen molar-refractivity contribution in [2.45, 2.75) is 27.2 Å². The molecule has 1 aliphatic heterocycles. The molecule has 1 saturated heterocycles. The molecule has 3 heteroatoms. The van der Waals surface area contributed by atoms with Gasteiger partial charge in [-0.1, -0.05) is 13.8 Å². The SMILES string of the molecule is CCOc1cc(N2CCC(C)(C)C2)ccc1N. The van der Waals surface area contributed by atoms with E-state index in [1.54, 1.807) is 0 Å². The highest BCUT2D eigenvalue weighted by Gasteiger charge is 2.29. The van der Waals surface area contributed by atoms with Crippen molar-refractivity contribution in [3.8, 4) is 5.75 Å². The van der Waals surface area contributed by atoms with E-state index in [0.717, 1.165) is 18.8 Å². The van der Waals surface area contributed by atoms with Gasteiger partial charge in [0.25, 0.3) is 0 Å². The number of benzene rings is 1. The molecule has 0 spiro atoms. The first-order valence-electron chi connectivity index (χ1n) is 6.29. The highest BCUT2D eigenvalue weighted by Crippen LogP contribution is 2.35. The maximum absolute atomic E-state index is 5.88. The number of ether oxygens (including phenoxy) is 1. The van der Waals surface area contributed by atoms with Crippen LogP contribution in [0.5, 0.6) is 5.75 Å². The van der Waals surface area contributed by atoms with Gasteiger partial charge in [-0.15, -0.1) is 0 Å². The monoisotopic (exact) mass is 234 g/mol. The number of hydrogen-bond donors (Lipinski definition) is 1. The number of nitrogen functional groups attached to an aromatic ring is 1. The summed E-state index contributed by atoms with van der Waals surface area (Å²) in [5.41, 5.74) is 8.23. The van der Waals surface area contributed by atoms with Crippen LogP contribution in [0.15, 0.2) is 18.2 Å². The molecule has 2 rings (SSSR count). The van der Waals surface area contributed by atoms with E-state index in [2.05, 4.69) is 30.9 Å². The third-order valence-corrected chi connectivity index (χ3v) is 3.34. The van der Waals surface area contributed by atoms with E-state index in [4.69, 9.17) is 10.5 Å². The zero-order valence-electron chi connectivity index (χ0n) is 11.0. The minimum Gasteiger partial charge on any atom is -0.492 e. The fraction of sp³-hybridized carbons (Fsp3) is 0.571. The van der Waals surface area contributed by atoms with Crippen LogP contribution < -0.4 is 15.4 Å². The molecule has 1 heterocycles. The van der Waals surface area contributed by atoms with Crippen molar-refractivity contribution >= 4 is 11.4 Å². The van der Waals surface area contributed by atoms with Crippen LogP contribution in [0, 0.1) is 5.41 Å². The Hall–Kier alpha value is -1.38. The fourth-order valence-corrected chi connectivity index (χ4v) is 2.33. The third kappa shape index (κ3) is 2.65. The molecule has 1 aromatic carbocycles. The molecule has 3 nitrogen and oxygen atoms in total. The summed E-state index contributed by atoms with van der Waals surface area (Å²) in [6, 6.07) is 6.07. The van der Waals surface area contributed by atoms with Gasteiger partial charge in [-0.3, -0.25) is 0 Å². The summed E-state index contributed by atoms with van der Waals surface area (Å²) in [5.74, 6) is 0.801. The van der Waals surface area contributed by atoms with E-state index in [1.807, 2.05) is 13.0 Å². The first-order valence-corrected chi connectivity index (χ1v) is 6.29. The average Bonchev–Trinajstić information content (AvgIpc) is 2.62. The first-order chi connectivity index (χ1) is 8.02. The lowest BCUT2D eigenvalue weighted by atomic mass is 9.93. The Kier molecular flexibility index (Phi) is 3.18. The smallest absolute Gasteiger partial charge is 0.144 e. The van der Waals surface area contributed by atoms with Crippen LogP contribution in [0.3, 0.4) is 0 Å². The minimum absolute atomic E-state index is 0.410. The van der Waals surface area contributed by atoms with E-state index >= 15 is 0 Å². The Bertz CT molecular complexity index is 401. The molecule has 0 radical (unpaired) electrons. The average molecular weight is 234 g/mol. The summed E-state index contributed by atoms with van der Waals surface area (Å²) in [4.78, 5) is 2.40. The molecule has 1 aromatic rings. The van der Waals surface area contributed by atoms with Gasteiger partial charge in [0.05, 0.1) is 12.3 Å². The number of rotatable bonds is 3. The lowest BCUT2D eigenvalue weighted by Crippen LogP contribution is -2.22. The fourth-order valence-electron chi connectivity index (χ4n) is 2.33. The van der Waals surface area contributed by atoms with Gasteiger partial charge in [-0.25, -0.2) is 0 Å². The summed E-state index contributed by atoms with van der Waals surface area (Å²) >= 11 is 0. The molecular formula is C14H22N2O. The van der Waals surface area contributed by atoms with Crippen LogP contribution in [0.25, 0.3) is 0 Å². The Labute approximate surface area is 104 Å². The van der Waals surface area contributed by atoms with Crippen molar-refractivity contribution in [2.75, 3.05) is 30.3 Å². The van der Waals surface area contributed by atoms with Crippen molar-refractivity contribution in [2.24, 2.45) is 5.41 Å². The van der Waals surface area contributed by atoms with Crippen LogP contribution in [-0.4, -0.2) is 19.7 Å². The number of nitrogens with two attached hydrogens (primary N) is 1. The minimum atomic E-state index is 0.410. The Morgan fingerprint density at radius 3 is 2.76 bits per heavy atom. The van der Waals surface area contributed by atoms with E-state index < -0.39 is 0 Å². The summed E-state index contributed by atoms with van der Waals surface area (Å²) in [6.07, 6.45) is 1.24. The van der Waals surface area contributed by atoms with Crippen molar-refractivity contribution < 1.29 is 4.74 Å². The van der Waals surface area contributed by atoms with Crippen molar-refractivity contribution in [1.82, 2.24) is 0 Å². The van der Waals surface area contributed by atoms with Gasteiger partial charge >= 0.3 is 0 Å². The van der Waals surface area contributed by atoms with Gasteiger partial charge in [0.15, 0.2) is 0 Å². The molecule has 17 heavy (non-hydrogen) atoms. The van der Waals surface area contributed by atoms with Crippen LogP contribution in [0.4, 0.5) is 11.4 Å². The van der Waals surface area contributed by atoms with Gasteiger partial charge in [0, 0.05) is 24.8 Å². The molecule has 0 aliphatic carbocycles. The Morgan fingerprint density at radius 2 is 2.18 bits per heavy atom. The largest absolute Gasteiger partial charge is 0.492 e. The highest BCUT2D eigenvalue weighted by atomic mass is 16.5. The van der Waals surface area contributed by atoms with Crippen LogP contribution >= 0.6 is 0 Å². The van der Waals surface area contributed by atoms with E-state index in [-0.39, 0.29) is 0 Å². The molecule has 0 amide bonds. The Morgan fingerprint density at radius 1 is 1.41 bits per heavy atom. The van der Waals surface area contributed by atoms with Gasteiger partial charge in [0.1, 0.15) is 5.75 Å². The van der Waals surface area contributed by atoms with Gasteiger partial charge < -0.3 is 15.4 Å². The maximum atomic E-state index is 5.88. The van der Waals surface area contributed by atoms with Gasteiger partial charge in [0.2, 0.25) is 0 Å². The topological polar surface area (TPSA) is 38.5 Å². The van der Waals surface area contributed by atoms with E-state index in [0.29, 0.717) is 17.7 Å². The summed E-state index contributed by atoms with van der Waals surface area (Å²) in [6.45, 7) is 9.47. The molecule has 0 atom stereocenters. The summed E-state index contributed by atoms with van der Waals surface area (Å²) in [7, 11) is 0. The molecule has 0 saturated carbocycles. The molecule has 2 N–H and O–H groups in total. The normalized spacial score (nSPS) is 18.4. The zero-order chi connectivity index (χ0) is 12.5. The number of anilines is 2. The zero-order valence-corrected chi connectivity index (χ0v) is 11.0. The lowest BCUT2D eigenvalue weighted by molar-refractivity contribution is 0.342. The van der Waals surface area contributed by atoms with Crippen LogP contribution in [0.2, 0.25) is 0 Å². The molecular weight excluding hydrogens is 212 g/mol. The van der Waals surface area contributed by atoms with E-state index in [1.165, 1.54) is 12.1 Å². The standard InChI is InChI=1S/C14H22N2O/c1-4-17-13-9-11(5-6-12(13)15)16-8-7-14(2,3)10-16/h5-6,9H,4,7-8,10,15H2,1-3H3. The quantitative estimate of drug-likeness (QED) is 0.817. The first kappa shape index (κ1) is 12.1. The number of nitrogens with zero attached hydrogens (tertiary/aromatic N) is 1.